The van der Waals surface area contributed by atoms with Crippen molar-refractivity contribution >= 4 is 11.8 Å². The molecule has 0 saturated heterocycles. The van der Waals surface area contributed by atoms with E-state index in [0.717, 1.165) is 24.2 Å². The fourth-order valence-corrected chi connectivity index (χ4v) is 3.37. The summed E-state index contributed by atoms with van der Waals surface area (Å²) >= 11 is 0. The lowest BCUT2D eigenvalue weighted by Crippen LogP contribution is -2.35. The quantitative estimate of drug-likeness (QED) is 0.864. The molecule has 0 spiro atoms. The molecular formula is C18H21NO4. The fourth-order valence-electron chi connectivity index (χ4n) is 3.37. The number of hydrogen-bond acceptors (Lipinski definition) is 5. The van der Waals surface area contributed by atoms with E-state index < -0.39 is 5.92 Å². The van der Waals surface area contributed by atoms with Crippen LogP contribution in [0.25, 0.3) is 0 Å². The van der Waals surface area contributed by atoms with E-state index in [4.69, 9.17) is 9.15 Å². The van der Waals surface area contributed by atoms with Crippen LogP contribution < -0.4 is 5.32 Å². The predicted octanol–water partition coefficient (Wildman–Crippen LogP) is 3.20. The van der Waals surface area contributed by atoms with Gasteiger partial charge in [-0.25, -0.2) is 4.79 Å². The first-order valence-electron chi connectivity index (χ1n) is 8.14. The zero-order chi connectivity index (χ0) is 16.4. The van der Waals surface area contributed by atoms with Gasteiger partial charge in [-0.2, -0.15) is 0 Å². The smallest absolute Gasteiger partial charge is 0.336 e. The van der Waals surface area contributed by atoms with Gasteiger partial charge in [0.25, 0.3) is 0 Å². The lowest BCUT2D eigenvalue weighted by molar-refractivity contribution is -0.139. The molecule has 2 heterocycles. The molecule has 5 nitrogen and oxygen atoms in total. The molecule has 23 heavy (non-hydrogen) atoms. The zero-order valence-corrected chi connectivity index (χ0v) is 13.5. The molecule has 0 bridgehead atoms. The molecule has 1 aromatic heterocycles. The third kappa shape index (κ3) is 2.71. The maximum Gasteiger partial charge on any atom is 0.336 e. The summed E-state index contributed by atoms with van der Waals surface area (Å²) in [6, 6.07) is 3.59. The van der Waals surface area contributed by atoms with Crippen LogP contribution in [0.4, 0.5) is 0 Å². The van der Waals surface area contributed by atoms with Crippen LogP contribution in [0.2, 0.25) is 0 Å². The Balaban J connectivity index is 2.15. The number of dihydropyridines is 1. The summed E-state index contributed by atoms with van der Waals surface area (Å²) in [6.07, 6.45) is 4.39. The van der Waals surface area contributed by atoms with Crippen LogP contribution >= 0.6 is 0 Å². The zero-order valence-electron chi connectivity index (χ0n) is 13.5. The molecule has 1 N–H and O–H groups in total. The lowest BCUT2D eigenvalue weighted by Gasteiger charge is -2.33. The average Bonchev–Trinajstić information content (AvgIpc) is 3.07. The second kappa shape index (κ2) is 6.44. The third-order valence-corrected chi connectivity index (χ3v) is 4.34. The highest BCUT2D eigenvalue weighted by atomic mass is 16.5. The second-order valence-electron chi connectivity index (χ2n) is 5.71. The Kier molecular flexibility index (Phi) is 4.37. The maximum atomic E-state index is 12.6. The van der Waals surface area contributed by atoms with Crippen molar-refractivity contribution in [1.29, 1.82) is 0 Å². The molecule has 1 unspecified atom stereocenters. The lowest BCUT2D eigenvalue weighted by atomic mass is 9.77. The Morgan fingerprint density at radius 3 is 2.87 bits per heavy atom. The number of hydrogen-bond donors (Lipinski definition) is 1. The van der Waals surface area contributed by atoms with Gasteiger partial charge >= 0.3 is 5.97 Å². The van der Waals surface area contributed by atoms with Gasteiger partial charge in [-0.3, -0.25) is 4.79 Å². The van der Waals surface area contributed by atoms with E-state index in [1.54, 1.807) is 19.3 Å². The van der Waals surface area contributed by atoms with E-state index in [0.29, 0.717) is 36.4 Å². The number of furan rings is 1. The van der Waals surface area contributed by atoms with Crippen molar-refractivity contribution in [2.24, 2.45) is 0 Å². The van der Waals surface area contributed by atoms with Gasteiger partial charge in [-0.05, 0) is 38.3 Å². The van der Waals surface area contributed by atoms with Crippen molar-refractivity contribution in [3.63, 3.8) is 0 Å². The highest BCUT2D eigenvalue weighted by molar-refractivity contribution is 6.03. The van der Waals surface area contributed by atoms with Crippen molar-refractivity contribution in [3.05, 3.63) is 46.7 Å². The second-order valence-corrected chi connectivity index (χ2v) is 5.71. The largest absolute Gasteiger partial charge is 0.468 e. The molecule has 3 rings (SSSR count). The summed E-state index contributed by atoms with van der Waals surface area (Å²) in [6.45, 7) is 4.06. The van der Waals surface area contributed by atoms with E-state index in [1.807, 2.05) is 13.0 Å². The van der Waals surface area contributed by atoms with Crippen molar-refractivity contribution < 1.29 is 18.7 Å². The topological polar surface area (TPSA) is 68.5 Å². The number of Topliss-reactive ketones (excluding diaryl/α,β-unsaturated/α-hetero) is 1. The molecule has 1 aliphatic carbocycles. The Bertz CT molecular complexity index is 682. The van der Waals surface area contributed by atoms with Crippen LogP contribution in [0, 0.1) is 0 Å². The monoisotopic (exact) mass is 315 g/mol. The van der Waals surface area contributed by atoms with Gasteiger partial charge in [-0.1, -0.05) is 6.92 Å². The van der Waals surface area contributed by atoms with Gasteiger partial charge in [0.15, 0.2) is 5.78 Å². The average molecular weight is 315 g/mol. The maximum absolute atomic E-state index is 12.6. The first-order chi connectivity index (χ1) is 11.2. The summed E-state index contributed by atoms with van der Waals surface area (Å²) in [5, 5.41) is 3.31. The fraction of sp³-hybridized carbons (Fsp3) is 0.444. The summed E-state index contributed by atoms with van der Waals surface area (Å²) in [5.41, 5.74) is 2.90. The Morgan fingerprint density at radius 1 is 1.39 bits per heavy atom. The number of ketones is 1. The van der Waals surface area contributed by atoms with Crippen molar-refractivity contribution in [2.45, 2.75) is 45.4 Å². The molecule has 0 amide bonds. The molecule has 0 radical (unpaired) electrons. The van der Waals surface area contributed by atoms with Crippen molar-refractivity contribution in [3.8, 4) is 0 Å². The minimum Gasteiger partial charge on any atom is -0.468 e. The standard InChI is InChI=1S/C18H21NO4/c1-3-11-16(18(21)22-4-2)17(14-9-6-10-23-14)15-12(19-11)7-5-8-13(15)20/h6,9-10,17,19H,3-5,7-8H2,1-2H3. The molecule has 122 valence electrons. The van der Waals surface area contributed by atoms with E-state index in [9.17, 15) is 9.59 Å². The number of nitrogens with one attached hydrogen (secondary N) is 1. The van der Waals surface area contributed by atoms with Crippen LogP contribution in [0.5, 0.6) is 0 Å². The molecular weight excluding hydrogens is 294 g/mol. The van der Waals surface area contributed by atoms with Crippen LogP contribution in [0.3, 0.4) is 0 Å². The van der Waals surface area contributed by atoms with Gasteiger partial charge in [0.1, 0.15) is 5.76 Å². The molecule has 5 heteroatoms. The van der Waals surface area contributed by atoms with E-state index in [2.05, 4.69) is 5.32 Å². The molecule has 0 aromatic carbocycles. The number of carbonyl (C=O) groups is 2. The summed E-state index contributed by atoms with van der Waals surface area (Å²) < 4.78 is 10.8. The van der Waals surface area contributed by atoms with Crippen LogP contribution in [-0.2, 0) is 14.3 Å². The summed E-state index contributed by atoms with van der Waals surface area (Å²) in [4.78, 5) is 25.1. The molecule has 0 fully saturated rings. The van der Waals surface area contributed by atoms with Gasteiger partial charge < -0.3 is 14.5 Å². The predicted molar refractivity (Wildman–Crippen MR) is 84.4 cm³/mol. The Hall–Kier alpha value is -2.30. The van der Waals surface area contributed by atoms with Crippen LogP contribution in [-0.4, -0.2) is 18.4 Å². The highest BCUT2D eigenvalue weighted by Crippen LogP contribution is 2.43. The minimum absolute atomic E-state index is 0.0806. The van der Waals surface area contributed by atoms with Crippen LogP contribution in [0.15, 0.2) is 45.4 Å². The molecule has 1 atom stereocenters. The van der Waals surface area contributed by atoms with Crippen molar-refractivity contribution in [1.82, 2.24) is 5.32 Å². The number of esters is 1. The van der Waals surface area contributed by atoms with Crippen molar-refractivity contribution in [2.75, 3.05) is 6.61 Å². The van der Waals surface area contributed by atoms with Crippen LogP contribution in [0.1, 0.15) is 51.2 Å². The third-order valence-electron chi connectivity index (χ3n) is 4.34. The van der Waals surface area contributed by atoms with E-state index in [-0.39, 0.29) is 11.8 Å². The number of ether oxygens (including phenoxy) is 1. The molecule has 0 saturated carbocycles. The van der Waals surface area contributed by atoms with Gasteiger partial charge in [-0.15, -0.1) is 0 Å². The minimum atomic E-state index is -0.469. The summed E-state index contributed by atoms with van der Waals surface area (Å²) in [5.74, 6) is -0.161. The highest BCUT2D eigenvalue weighted by Gasteiger charge is 2.40. The molecule has 1 aliphatic heterocycles. The first-order valence-corrected chi connectivity index (χ1v) is 8.14. The van der Waals surface area contributed by atoms with Gasteiger partial charge in [0.2, 0.25) is 0 Å². The van der Waals surface area contributed by atoms with Gasteiger partial charge in [0.05, 0.1) is 24.4 Å². The SMILES string of the molecule is CCOC(=O)C1=C(CC)NC2=C(C(=O)CCC2)C1c1ccco1. The first kappa shape index (κ1) is 15.6. The number of carbonyl (C=O) groups excluding carboxylic acids is 2. The summed E-state index contributed by atoms with van der Waals surface area (Å²) in [7, 11) is 0. The van der Waals surface area contributed by atoms with Gasteiger partial charge in [0, 0.05) is 23.4 Å². The Labute approximate surface area is 135 Å². The Morgan fingerprint density at radius 2 is 2.22 bits per heavy atom. The van der Waals surface area contributed by atoms with E-state index in [1.165, 1.54) is 0 Å². The molecule has 2 aliphatic rings. The number of allylic oxidation sites excluding steroid dienone is 3. The number of rotatable bonds is 4. The normalized spacial score (nSPS) is 21.1. The van der Waals surface area contributed by atoms with E-state index >= 15 is 0 Å². The molecule has 1 aromatic rings.